The molecule has 1 saturated heterocycles. The van der Waals surface area contributed by atoms with Crippen molar-refractivity contribution in [2.45, 2.75) is 6.42 Å². The first kappa shape index (κ1) is 18.7. The lowest BCUT2D eigenvalue weighted by Gasteiger charge is -2.28. The Morgan fingerprint density at radius 3 is 2.37 bits per heavy atom. The van der Waals surface area contributed by atoms with Crippen LogP contribution in [-0.4, -0.2) is 38.3 Å². The fraction of sp³-hybridized carbons (Fsp3) is 0.250. The van der Waals surface area contributed by atoms with Gasteiger partial charge in [-0.2, -0.15) is 0 Å². The van der Waals surface area contributed by atoms with Crippen molar-refractivity contribution in [3.05, 3.63) is 60.5 Å². The lowest BCUT2D eigenvalue weighted by molar-refractivity contribution is -0.113. The quantitative estimate of drug-likeness (QED) is 0.816. The first-order chi connectivity index (χ1) is 13.1. The Kier molecular flexibility index (Phi) is 6.27. The normalized spacial score (nSPS) is 13.9. The molecule has 3 N–H and O–H groups in total. The second-order valence-corrected chi connectivity index (χ2v) is 6.11. The van der Waals surface area contributed by atoms with Gasteiger partial charge in [-0.25, -0.2) is 4.79 Å². The van der Waals surface area contributed by atoms with Crippen LogP contribution in [0.4, 0.5) is 16.2 Å². The molecule has 0 aliphatic carbocycles. The molecule has 2 aromatic carbocycles. The van der Waals surface area contributed by atoms with Crippen molar-refractivity contribution >= 4 is 23.4 Å². The van der Waals surface area contributed by atoms with Crippen molar-refractivity contribution in [3.63, 3.8) is 0 Å². The van der Waals surface area contributed by atoms with Gasteiger partial charge < -0.3 is 25.4 Å². The second kappa shape index (κ2) is 9.05. The highest BCUT2D eigenvalue weighted by Gasteiger charge is 2.11. The number of benzene rings is 2. The number of primary amides is 1. The summed E-state index contributed by atoms with van der Waals surface area (Å²) in [5.74, 6) is 0.197. The van der Waals surface area contributed by atoms with E-state index in [9.17, 15) is 9.59 Å². The summed E-state index contributed by atoms with van der Waals surface area (Å²) in [4.78, 5) is 25.0. The predicted molar refractivity (Wildman–Crippen MR) is 103 cm³/mol. The van der Waals surface area contributed by atoms with Crippen LogP contribution in [0.3, 0.4) is 0 Å². The minimum absolute atomic E-state index is 0.174. The molecule has 1 aliphatic heterocycles. The highest BCUT2D eigenvalue weighted by atomic mass is 16.5. The van der Waals surface area contributed by atoms with Gasteiger partial charge in [-0.1, -0.05) is 12.1 Å². The Bertz CT molecular complexity index is 769. The molecule has 7 heteroatoms. The molecule has 3 rings (SSSR count). The standard InChI is InChI=1S/C20H22N3O4/c21-20(25)27-18-8-1-15(2-9-18)3-10-19(24)22-16-4-6-17(7-5-16)23-11-13-26-14-12-23/h1-2,4-10H,3,11-14H2,(H2,21,25)(H,22,24). The lowest BCUT2D eigenvalue weighted by atomic mass is 10.1. The maximum atomic E-state index is 12.1. The van der Waals surface area contributed by atoms with Crippen molar-refractivity contribution in [2.75, 3.05) is 36.5 Å². The number of rotatable bonds is 6. The number of carbonyl (C=O) groups is 2. The van der Waals surface area contributed by atoms with Crippen LogP contribution in [0.15, 0.2) is 48.5 Å². The van der Waals surface area contributed by atoms with Crippen LogP contribution in [0, 0.1) is 6.42 Å². The average Bonchev–Trinajstić information content (AvgIpc) is 2.68. The summed E-state index contributed by atoms with van der Waals surface area (Å²) in [5, 5.41) is 2.86. The Morgan fingerprint density at radius 1 is 1.07 bits per heavy atom. The van der Waals surface area contributed by atoms with Crippen LogP contribution >= 0.6 is 0 Å². The maximum Gasteiger partial charge on any atom is 0.409 e. The number of nitrogens with two attached hydrogens (primary N) is 1. The third-order valence-electron chi connectivity index (χ3n) is 4.18. The van der Waals surface area contributed by atoms with Gasteiger partial charge in [0.1, 0.15) is 5.75 Å². The summed E-state index contributed by atoms with van der Waals surface area (Å²) in [5.41, 5.74) is 7.75. The molecular formula is C20H22N3O4. The predicted octanol–water partition coefficient (Wildman–Crippen LogP) is 2.37. The molecule has 141 valence electrons. The van der Waals surface area contributed by atoms with E-state index in [2.05, 4.69) is 10.2 Å². The van der Waals surface area contributed by atoms with Gasteiger partial charge in [-0.15, -0.1) is 0 Å². The number of nitrogens with one attached hydrogen (secondary N) is 1. The summed E-state index contributed by atoms with van der Waals surface area (Å²) in [6.45, 7) is 3.23. The number of nitrogens with zero attached hydrogens (tertiary/aromatic N) is 1. The van der Waals surface area contributed by atoms with E-state index in [1.54, 1.807) is 30.7 Å². The molecule has 27 heavy (non-hydrogen) atoms. The van der Waals surface area contributed by atoms with Crippen molar-refractivity contribution in [2.24, 2.45) is 5.73 Å². The van der Waals surface area contributed by atoms with E-state index in [0.717, 1.165) is 43.2 Å². The lowest BCUT2D eigenvalue weighted by Crippen LogP contribution is -2.36. The molecule has 0 aromatic heterocycles. The monoisotopic (exact) mass is 368 g/mol. The zero-order valence-corrected chi connectivity index (χ0v) is 14.9. The molecule has 0 spiro atoms. The van der Waals surface area contributed by atoms with Crippen molar-refractivity contribution in [1.29, 1.82) is 0 Å². The molecule has 7 nitrogen and oxygen atoms in total. The zero-order valence-electron chi connectivity index (χ0n) is 14.9. The molecule has 2 amide bonds. The number of carbonyl (C=O) groups excluding carboxylic acids is 2. The molecular weight excluding hydrogens is 346 g/mol. The van der Waals surface area contributed by atoms with Gasteiger partial charge in [0, 0.05) is 24.5 Å². The highest BCUT2D eigenvalue weighted by Crippen LogP contribution is 2.19. The molecule has 0 saturated carbocycles. The highest BCUT2D eigenvalue weighted by molar-refractivity contribution is 5.97. The van der Waals surface area contributed by atoms with E-state index < -0.39 is 6.09 Å². The van der Waals surface area contributed by atoms with E-state index >= 15 is 0 Å². The SMILES string of the molecule is NC(=O)Oc1ccc(C[CH]C(=O)Nc2ccc(N3CCOCC3)cc2)cc1. The van der Waals surface area contributed by atoms with Crippen LogP contribution in [0.5, 0.6) is 5.75 Å². The van der Waals surface area contributed by atoms with Gasteiger partial charge in [0.2, 0.25) is 5.91 Å². The summed E-state index contributed by atoms with van der Waals surface area (Å²) in [6, 6.07) is 14.6. The number of hydrogen-bond donors (Lipinski definition) is 2. The molecule has 1 aliphatic rings. The fourth-order valence-corrected chi connectivity index (χ4v) is 2.79. The fourth-order valence-electron chi connectivity index (χ4n) is 2.79. The van der Waals surface area contributed by atoms with Crippen LogP contribution in [0.1, 0.15) is 5.56 Å². The van der Waals surface area contributed by atoms with Gasteiger partial charge in [0.15, 0.2) is 0 Å². The Morgan fingerprint density at radius 2 is 1.74 bits per heavy atom. The first-order valence-electron chi connectivity index (χ1n) is 8.73. The smallest absolute Gasteiger partial charge is 0.409 e. The van der Waals surface area contributed by atoms with Crippen molar-refractivity contribution in [3.8, 4) is 5.75 Å². The third kappa shape index (κ3) is 5.72. The van der Waals surface area contributed by atoms with E-state index in [1.165, 1.54) is 0 Å². The van der Waals surface area contributed by atoms with E-state index in [-0.39, 0.29) is 5.91 Å². The summed E-state index contributed by atoms with van der Waals surface area (Å²) in [7, 11) is 0. The number of hydrogen-bond acceptors (Lipinski definition) is 5. The van der Waals surface area contributed by atoms with Crippen LogP contribution in [-0.2, 0) is 16.0 Å². The second-order valence-electron chi connectivity index (χ2n) is 6.11. The molecule has 2 aromatic rings. The Hall–Kier alpha value is -3.06. The van der Waals surface area contributed by atoms with E-state index in [4.69, 9.17) is 15.2 Å². The maximum absolute atomic E-state index is 12.1. The van der Waals surface area contributed by atoms with Crippen molar-refractivity contribution in [1.82, 2.24) is 0 Å². The molecule has 0 atom stereocenters. The van der Waals surface area contributed by atoms with Gasteiger partial charge in [-0.3, -0.25) is 4.79 Å². The average molecular weight is 368 g/mol. The van der Waals surface area contributed by atoms with Crippen LogP contribution < -0.4 is 20.7 Å². The van der Waals surface area contributed by atoms with E-state index in [1.807, 2.05) is 24.3 Å². The third-order valence-corrected chi connectivity index (χ3v) is 4.18. The van der Waals surface area contributed by atoms with Gasteiger partial charge >= 0.3 is 6.09 Å². The van der Waals surface area contributed by atoms with E-state index in [0.29, 0.717) is 12.2 Å². The van der Waals surface area contributed by atoms with Gasteiger partial charge in [0.25, 0.3) is 0 Å². The molecule has 1 radical (unpaired) electrons. The Labute approximate surface area is 158 Å². The topological polar surface area (TPSA) is 93.9 Å². The minimum atomic E-state index is -0.853. The van der Waals surface area contributed by atoms with Gasteiger partial charge in [0.05, 0.1) is 19.6 Å². The van der Waals surface area contributed by atoms with Crippen LogP contribution in [0.2, 0.25) is 0 Å². The summed E-state index contributed by atoms with van der Waals surface area (Å²) >= 11 is 0. The molecule has 0 bridgehead atoms. The Balaban J connectivity index is 1.46. The largest absolute Gasteiger partial charge is 0.411 e. The minimum Gasteiger partial charge on any atom is -0.411 e. The molecule has 0 unspecified atom stereocenters. The number of ether oxygens (including phenoxy) is 2. The van der Waals surface area contributed by atoms with Crippen molar-refractivity contribution < 1.29 is 19.1 Å². The summed E-state index contributed by atoms with van der Waals surface area (Å²) < 4.78 is 10.1. The number of anilines is 2. The molecule has 1 heterocycles. The molecule has 1 fully saturated rings. The zero-order chi connectivity index (χ0) is 19.1. The number of amides is 2. The van der Waals surface area contributed by atoms with Crippen LogP contribution in [0.25, 0.3) is 0 Å². The summed E-state index contributed by atoms with van der Waals surface area (Å²) in [6.07, 6.45) is 1.18. The van der Waals surface area contributed by atoms with Gasteiger partial charge in [-0.05, 0) is 48.4 Å². The number of morpholine rings is 1. The first-order valence-corrected chi connectivity index (χ1v) is 8.73.